The van der Waals surface area contributed by atoms with Crippen molar-refractivity contribution in [2.45, 2.75) is 36.6 Å². The van der Waals surface area contributed by atoms with Gasteiger partial charge in [-0.05, 0) is 37.1 Å². The maximum atomic E-state index is 13.1. The van der Waals surface area contributed by atoms with E-state index in [9.17, 15) is 13.2 Å². The van der Waals surface area contributed by atoms with Gasteiger partial charge in [-0.3, -0.25) is 4.79 Å². The van der Waals surface area contributed by atoms with Gasteiger partial charge in [0, 0.05) is 24.7 Å². The van der Waals surface area contributed by atoms with Gasteiger partial charge in [-0.25, -0.2) is 8.42 Å². The summed E-state index contributed by atoms with van der Waals surface area (Å²) in [5.74, 6) is 0.892. The van der Waals surface area contributed by atoms with E-state index in [1.165, 1.54) is 4.31 Å². The van der Waals surface area contributed by atoms with Crippen molar-refractivity contribution in [2.75, 3.05) is 25.1 Å². The third kappa shape index (κ3) is 4.23. The van der Waals surface area contributed by atoms with Crippen molar-refractivity contribution < 1.29 is 22.7 Å². The zero-order chi connectivity index (χ0) is 20.3. The Kier molecular flexibility index (Phi) is 5.73. The maximum Gasteiger partial charge on any atom is 0.243 e. The number of ether oxygens (including phenoxy) is 2. The average Bonchev–Trinajstić information content (AvgIpc) is 2.99. The summed E-state index contributed by atoms with van der Waals surface area (Å²) >= 11 is 0. The molecular formula is C21H24N2O5S. The molecule has 2 heterocycles. The largest absolute Gasteiger partial charge is 0.490 e. The van der Waals surface area contributed by atoms with Crippen LogP contribution >= 0.6 is 0 Å². The van der Waals surface area contributed by atoms with Crippen LogP contribution in [-0.4, -0.2) is 44.4 Å². The Morgan fingerprint density at radius 3 is 2.52 bits per heavy atom. The number of rotatable bonds is 4. The Morgan fingerprint density at radius 2 is 1.72 bits per heavy atom. The quantitative estimate of drug-likeness (QED) is 0.828. The van der Waals surface area contributed by atoms with Crippen LogP contribution in [0.5, 0.6) is 11.5 Å². The molecule has 1 amide bonds. The number of sulfonamides is 1. The lowest BCUT2D eigenvalue weighted by atomic mass is 10.0. The third-order valence-corrected chi connectivity index (χ3v) is 7.04. The highest BCUT2D eigenvalue weighted by Crippen LogP contribution is 2.33. The van der Waals surface area contributed by atoms with Gasteiger partial charge in [0.25, 0.3) is 0 Å². The molecule has 4 rings (SSSR count). The summed E-state index contributed by atoms with van der Waals surface area (Å²) in [7, 11) is -3.74. The van der Waals surface area contributed by atoms with Crippen LogP contribution in [-0.2, 0) is 14.8 Å². The number of nitrogens with one attached hydrogen (secondary N) is 1. The van der Waals surface area contributed by atoms with E-state index >= 15 is 0 Å². The second-order valence-electron chi connectivity index (χ2n) is 7.14. The van der Waals surface area contributed by atoms with Crippen molar-refractivity contribution in [1.82, 2.24) is 4.31 Å². The fourth-order valence-electron chi connectivity index (χ4n) is 3.65. The Hall–Kier alpha value is -2.58. The highest BCUT2D eigenvalue weighted by atomic mass is 32.2. The summed E-state index contributed by atoms with van der Waals surface area (Å²) in [6, 6.07) is 12.7. The predicted molar refractivity (Wildman–Crippen MR) is 109 cm³/mol. The Morgan fingerprint density at radius 1 is 0.966 bits per heavy atom. The Balaban J connectivity index is 1.54. The van der Waals surface area contributed by atoms with E-state index in [0.717, 1.165) is 19.3 Å². The molecule has 2 aromatic rings. The number of benzene rings is 2. The van der Waals surface area contributed by atoms with E-state index in [-0.39, 0.29) is 10.8 Å². The number of carbonyl (C=O) groups is 1. The summed E-state index contributed by atoms with van der Waals surface area (Å²) in [6.07, 6.45) is 2.83. The van der Waals surface area contributed by atoms with E-state index in [2.05, 4.69) is 5.32 Å². The third-order valence-electron chi connectivity index (χ3n) is 5.12. The lowest BCUT2D eigenvalue weighted by Crippen LogP contribution is -2.49. The van der Waals surface area contributed by atoms with E-state index in [1.54, 1.807) is 48.5 Å². The minimum Gasteiger partial charge on any atom is -0.490 e. The van der Waals surface area contributed by atoms with Crippen LogP contribution in [0.2, 0.25) is 0 Å². The van der Waals surface area contributed by atoms with Gasteiger partial charge in [0.1, 0.15) is 6.04 Å². The van der Waals surface area contributed by atoms with Crippen LogP contribution < -0.4 is 14.8 Å². The molecule has 0 radical (unpaired) electrons. The molecule has 2 aliphatic rings. The molecule has 0 spiro atoms. The number of nitrogens with zero attached hydrogens (tertiary/aromatic N) is 1. The molecule has 0 bridgehead atoms. The van der Waals surface area contributed by atoms with E-state index in [1.807, 2.05) is 0 Å². The number of hydrogen-bond acceptors (Lipinski definition) is 5. The Labute approximate surface area is 170 Å². The molecule has 2 aliphatic heterocycles. The molecule has 0 saturated carbocycles. The van der Waals surface area contributed by atoms with E-state index in [0.29, 0.717) is 43.4 Å². The first-order chi connectivity index (χ1) is 14.1. The molecule has 7 nitrogen and oxygen atoms in total. The molecule has 154 valence electrons. The van der Waals surface area contributed by atoms with Gasteiger partial charge < -0.3 is 14.8 Å². The summed E-state index contributed by atoms with van der Waals surface area (Å²) in [5, 5.41) is 2.86. The average molecular weight is 416 g/mol. The zero-order valence-corrected chi connectivity index (χ0v) is 16.9. The molecule has 1 N–H and O–H groups in total. The molecule has 1 atom stereocenters. The van der Waals surface area contributed by atoms with Gasteiger partial charge in [-0.1, -0.05) is 24.6 Å². The summed E-state index contributed by atoms with van der Waals surface area (Å²) < 4.78 is 38.8. The minimum absolute atomic E-state index is 0.204. The highest BCUT2D eigenvalue weighted by Gasteiger charge is 2.37. The van der Waals surface area contributed by atoms with Gasteiger partial charge in [0.2, 0.25) is 15.9 Å². The summed E-state index contributed by atoms with van der Waals surface area (Å²) in [4.78, 5) is 13.2. The second-order valence-corrected chi connectivity index (χ2v) is 9.03. The first kappa shape index (κ1) is 19.7. The molecule has 0 aliphatic carbocycles. The van der Waals surface area contributed by atoms with Crippen LogP contribution in [0.25, 0.3) is 0 Å². The zero-order valence-electron chi connectivity index (χ0n) is 16.0. The van der Waals surface area contributed by atoms with Crippen molar-refractivity contribution >= 4 is 21.6 Å². The van der Waals surface area contributed by atoms with Crippen molar-refractivity contribution in [2.24, 2.45) is 0 Å². The van der Waals surface area contributed by atoms with Crippen molar-refractivity contribution in [1.29, 1.82) is 0 Å². The molecule has 1 fully saturated rings. The minimum atomic E-state index is -3.74. The molecule has 8 heteroatoms. The fraction of sp³-hybridized carbons (Fsp3) is 0.381. The van der Waals surface area contributed by atoms with Gasteiger partial charge in [-0.2, -0.15) is 4.31 Å². The monoisotopic (exact) mass is 416 g/mol. The predicted octanol–water partition coefficient (Wildman–Crippen LogP) is 3.03. The number of anilines is 1. The summed E-state index contributed by atoms with van der Waals surface area (Å²) in [5.41, 5.74) is 0.557. The fourth-order valence-corrected chi connectivity index (χ4v) is 5.33. The smallest absolute Gasteiger partial charge is 0.243 e. The van der Waals surface area contributed by atoms with Crippen LogP contribution in [0.4, 0.5) is 5.69 Å². The van der Waals surface area contributed by atoms with Gasteiger partial charge in [0.05, 0.1) is 18.1 Å². The second kappa shape index (κ2) is 8.42. The van der Waals surface area contributed by atoms with Crippen LogP contribution in [0.15, 0.2) is 53.4 Å². The molecular weight excluding hydrogens is 392 g/mol. The molecule has 1 unspecified atom stereocenters. The van der Waals surface area contributed by atoms with Gasteiger partial charge >= 0.3 is 0 Å². The molecule has 29 heavy (non-hydrogen) atoms. The highest BCUT2D eigenvalue weighted by molar-refractivity contribution is 7.89. The lowest BCUT2D eigenvalue weighted by Gasteiger charge is -2.33. The number of amides is 1. The lowest BCUT2D eigenvalue weighted by molar-refractivity contribution is -0.120. The molecule has 2 aromatic carbocycles. The van der Waals surface area contributed by atoms with Crippen molar-refractivity contribution in [3.8, 4) is 11.5 Å². The van der Waals surface area contributed by atoms with Crippen molar-refractivity contribution in [3.63, 3.8) is 0 Å². The first-order valence-corrected chi connectivity index (χ1v) is 11.3. The normalized spacial score (nSPS) is 19.9. The van der Waals surface area contributed by atoms with Gasteiger partial charge in [-0.15, -0.1) is 0 Å². The SMILES string of the molecule is O=C(Nc1ccc2c(c1)OCCCO2)C1CCCCN1S(=O)(=O)c1ccccc1. The number of piperidine rings is 1. The Bertz CT molecular complexity index is 978. The topological polar surface area (TPSA) is 84.9 Å². The van der Waals surface area contributed by atoms with Crippen LogP contribution in [0.3, 0.4) is 0 Å². The number of carbonyl (C=O) groups excluding carboxylic acids is 1. The van der Waals surface area contributed by atoms with Crippen LogP contribution in [0.1, 0.15) is 25.7 Å². The first-order valence-electron chi connectivity index (χ1n) is 9.83. The maximum absolute atomic E-state index is 13.1. The van der Waals surface area contributed by atoms with Crippen LogP contribution in [0, 0.1) is 0 Å². The molecule has 0 aromatic heterocycles. The van der Waals surface area contributed by atoms with E-state index < -0.39 is 16.1 Å². The number of hydrogen-bond donors (Lipinski definition) is 1. The summed E-state index contributed by atoms with van der Waals surface area (Å²) in [6.45, 7) is 1.47. The molecule has 1 saturated heterocycles. The van der Waals surface area contributed by atoms with Gasteiger partial charge in [0.15, 0.2) is 11.5 Å². The van der Waals surface area contributed by atoms with E-state index in [4.69, 9.17) is 9.47 Å². The van der Waals surface area contributed by atoms with Crippen molar-refractivity contribution in [3.05, 3.63) is 48.5 Å². The number of fused-ring (bicyclic) bond motifs is 1. The standard InChI is InChI=1S/C21H24N2O5S/c24-21(22-16-10-11-19-20(15-16)28-14-6-13-27-19)18-9-4-5-12-23(18)29(25,26)17-7-2-1-3-8-17/h1-3,7-8,10-11,15,18H,4-6,9,12-14H2,(H,22,24).